The molecule has 1 aromatic carbocycles. The van der Waals surface area contributed by atoms with Crippen LogP contribution in [-0.2, 0) is 4.74 Å². The molecule has 0 radical (unpaired) electrons. The highest BCUT2D eigenvalue weighted by Crippen LogP contribution is 2.34. The van der Waals surface area contributed by atoms with Crippen molar-refractivity contribution >= 4 is 40.4 Å². The van der Waals surface area contributed by atoms with Gasteiger partial charge in [0.25, 0.3) is 5.91 Å². The van der Waals surface area contributed by atoms with Gasteiger partial charge >= 0.3 is 0 Å². The lowest BCUT2D eigenvalue weighted by Crippen LogP contribution is -2.41. The zero-order chi connectivity index (χ0) is 17.8. The van der Waals surface area contributed by atoms with Crippen LogP contribution in [0.3, 0.4) is 0 Å². The van der Waals surface area contributed by atoms with E-state index < -0.39 is 0 Å². The first kappa shape index (κ1) is 18.6. The van der Waals surface area contributed by atoms with Gasteiger partial charge < -0.3 is 10.1 Å². The van der Waals surface area contributed by atoms with Crippen LogP contribution in [0.1, 0.15) is 15.4 Å². The zero-order valence-corrected chi connectivity index (χ0v) is 16.2. The molecule has 1 aromatic heterocycles. The fraction of sp³-hybridized carbons (Fsp3) is 0.412. The summed E-state index contributed by atoms with van der Waals surface area (Å²) < 4.78 is 5.32. The number of nitrogens with zero attached hydrogens (tertiary/aromatic N) is 2. The summed E-state index contributed by atoms with van der Waals surface area (Å²) in [5.74, 6) is -0.0976. The minimum Gasteiger partial charge on any atom is -0.379 e. The average Bonchev–Trinajstić information content (AvgIpc) is 2.97. The van der Waals surface area contributed by atoms with Crippen molar-refractivity contribution in [2.24, 2.45) is 0 Å². The first-order chi connectivity index (χ1) is 12.0. The lowest BCUT2D eigenvalue weighted by Gasteiger charge is -2.26. The van der Waals surface area contributed by atoms with Crippen molar-refractivity contribution in [3.63, 3.8) is 0 Å². The SMILES string of the molecule is Cc1nc(-c2ccc(Cl)cc2Cl)sc1C(=O)NCCN1CCOCC1. The molecule has 134 valence electrons. The summed E-state index contributed by atoms with van der Waals surface area (Å²) in [6.45, 7) is 6.60. The molecule has 2 aromatic rings. The highest BCUT2D eigenvalue weighted by Gasteiger charge is 2.18. The van der Waals surface area contributed by atoms with Crippen molar-refractivity contribution in [2.45, 2.75) is 6.92 Å². The summed E-state index contributed by atoms with van der Waals surface area (Å²) >= 11 is 13.5. The Morgan fingerprint density at radius 2 is 2.12 bits per heavy atom. The summed E-state index contributed by atoms with van der Waals surface area (Å²) in [6.07, 6.45) is 0. The van der Waals surface area contributed by atoms with E-state index in [1.54, 1.807) is 12.1 Å². The Balaban J connectivity index is 1.64. The normalized spacial score (nSPS) is 15.3. The number of hydrogen-bond donors (Lipinski definition) is 1. The molecule has 2 heterocycles. The molecule has 0 saturated carbocycles. The van der Waals surface area contributed by atoms with Gasteiger partial charge in [-0.05, 0) is 25.1 Å². The molecule has 8 heteroatoms. The maximum atomic E-state index is 12.5. The second kappa shape index (κ2) is 8.47. The number of amides is 1. The second-order valence-electron chi connectivity index (χ2n) is 5.77. The minimum atomic E-state index is -0.0976. The molecule has 1 N–H and O–H groups in total. The standard InChI is InChI=1S/C17H19Cl2N3O2S/c1-11-15(16(23)20-4-5-22-6-8-24-9-7-22)25-17(21-11)13-3-2-12(18)10-14(13)19/h2-3,10H,4-9H2,1H3,(H,20,23). The summed E-state index contributed by atoms with van der Waals surface area (Å²) in [6, 6.07) is 5.27. The quantitative estimate of drug-likeness (QED) is 0.835. The highest BCUT2D eigenvalue weighted by atomic mass is 35.5. The Morgan fingerprint density at radius 1 is 1.36 bits per heavy atom. The number of hydrogen-bond acceptors (Lipinski definition) is 5. The number of carbonyl (C=O) groups is 1. The zero-order valence-electron chi connectivity index (χ0n) is 13.8. The van der Waals surface area contributed by atoms with E-state index in [4.69, 9.17) is 27.9 Å². The van der Waals surface area contributed by atoms with Crippen LogP contribution in [0.15, 0.2) is 18.2 Å². The Kier molecular flexibility index (Phi) is 6.30. The van der Waals surface area contributed by atoms with Crippen LogP contribution in [0, 0.1) is 6.92 Å². The number of aryl methyl sites for hydroxylation is 1. The molecule has 0 unspecified atom stereocenters. The molecule has 1 fully saturated rings. The number of halogens is 2. The number of benzene rings is 1. The van der Waals surface area contributed by atoms with Crippen molar-refractivity contribution in [2.75, 3.05) is 39.4 Å². The van der Waals surface area contributed by atoms with Gasteiger partial charge in [0.05, 0.1) is 23.9 Å². The van der Waals surface area contributed by atoms with Crippen molar-refractivity contribution in [3.05, 3.63) is 38.8 Å². The molecular weight excluding hydrogens is 381 g/mol. The molecular formula is C17H19Cl2N3O2S. The largest absolute Gasteiger partial charge is 0.379 e. The predicted octanol–water partition coefficient (Wildman–Crippen LogP) is 3.49. The van der Waals surface area contributed by atoms with E-state index in [9.17, 15) is 4.79 Å². The lowest BCUT2D eigenvalue weighted by molar-refractivity contribution is 0.0383. The molecule has 0 atom stereocenters. The van der Waals surface area contributed by atoms with Gasteiger partial charge in [-0.25, -0.2) is 4.98 Å². The Bertz CT molecular complexity index is 760. The van der Waals surface area contributed by atoms with Gasteiger partial charge in [-0.3, -0.25) is 9.69 Å². The van der Waals surface area contributed by atoms with E-state index in [0.717, 1.165) is 43.4 Å². The number of nitrogens with one attached hydrogen (secondary N) is 1. The summed E-state index contributed by atoms with van der Waals surface area (Å²) in [5.41, 5.74) is 1.49. The minimum absolute atomic E-state index is 0.0976. The van der Waals surface area contributed by atoms with Crippen LogP contribution in [0.4, 0.5) is 0 Å². The Labute approximate surface area is 160 Å². The first-order valence-corrected chi connectivity index (χ1v) is 9.63. The molecule has 1 saturated heterocycles. The van der Waals surface area contributed by atoms with Gasteiger partial charge in [0.15, 0.2) is 0 Å². The molecule has 3 rings (SSSR count). The van der Waals surface area contributed by atoms with Gasteiger partial charge in [-0.2, -0.15) is 0 Å². The van der Waals surface area contributed by atoms with E-state index in [-0.39, 0.29) is 5.91 Å². The topological polar surface area (TPSA) is 54.5 Å². The molecule has 0 aliphatic carbocycles. The van der Waals surface area contributed by atoms with Crippen molar-refractivity contribution in [1.82, 2.24) is 15.2 Å². The van der Waals surface area contributed by atoms with Crippen LogP contribution < -0.4 is 5.32 Å². The Morgan fingerprint density at radius 3 is 2.84 bits per heavy atom. The predicted molar refractivity (Wildman–Crippen MR) is 102 cm³/mol. The molecule has 1 amide bonds. The lowest BCUT2D eigenvalue weighted by atomic mass is 10.2. The molecule has 5 nitrogen and oxygen atoms in total. The third kappa shape index (κ3) is 4.71. The number of thiazole rings is 1. The molecule has 25 heavy (non-hydrogen) atoms. The fourth-order valence-electron chi connectivity index (χ4n) is 2.62. The van der Waals surface area contributed by atoms with Crippen LogP contribution in [0.2, 0.25) is 10.0 Å². The van der Waals surface area contributed by atoms with Gasteiger partial charge in [-0.15, -0.1) is 11.3 Å². The summed E-state index contributed by atoms with van der Waals surface area (Å²) in [7, 11) is 0. The van der Waals surface area contributed by atoms with Crippen molar-refractivity contribution < 1.29 is 9.53 Å². The van der Waals surface area contributed by atoms with Gasteiger partial charge in [-0.1, -0.05) is 23.2 Å². The second-order valence-corrected chi connectivity index (χ2v) is 7.61. The van der Waals surface area contributed by atoms with Crippen molar-refractivity contribution in [1.29, 1.82) is 0 Å². The highest BCUT2D eigenvalue weighted by molar-refractivity contribution is 7.17. The molecule has 1 aliphatic heterocycles. The van der Waals surface area contributed by atoms with Gasteiger partial charge in [0.2, 0.25) is 0 Å². The number of aromatic nitrogens is 1. The third-order valence-electron chi connectivity index (χ3n) is 3.98. The first-order valence-electron chi connectivity index (χ1n) is 8.06. The van der Waals surface area contributed by atoms with Crippen molar-refractivity contribution in [3.8, 4) is 10.6 Å². The van der Waals surface area contributed by atoms with Gasteiger partial charge in [0, 0.05) is 36.8 Å². The fourth-order valence-corrected chi connectivity index (χ4v) is 4.19. The monoisotopic (exact) mass is 399 g/mol. The van der Waals surface area contributed by atoms with Crippen LogP contribution in [0.25, 0.3) is 10.6 Å². The van der Waals surface area contributed by atoms with E-state index >= 15 is 0 Å². The third-order valence-corrected chi connectivity index (χ3v) is 5.72. The van der Waals surface area contributed by atoms with Crippen LogP contribution >= 0.6 is 34.5 Å². The molecule has 1 aliphatic rings. The van der Waals surface area contributed by atoms with Gasteiger partial charge in [0.1, 0.15) is 9.88 Å². The van der Waals surface area contributed by atoms with E-state index in [0.29, 0.717) is 27.2 Å². The average molecular weight is 400 g/mol. The van der Waals surface area contributed by atoms with Crippen LogP contribution in [0.5, 0.6) is 0 Å². The van der Waals surface area contributed by atoms with E-state index in [1.165, 1.54) is 11.3 Å². The maximum absolute atomic E-state index is 12.5. The number of ether oxygens (including phenoxy) is 1. The van der Waals surface area contributed by atoms with E-state index in [1.807, 2.05) is 13.0 Å². The maximum Gasteiger partial charge on any atom is 0.263 e. The Hall–Kier alpha value is -1.18. The molecule has 0 bridgehead atoms. The summed E-state index contributed by atoms with van der Waals surface area (Å²) in [4.78, 5) is 19.8. The summed E-state index contributed by atoms with van der Waals surface area (Å²) in [5, 5.41) is 4.79. The van der Waals surface area contributed by atoms with E-state index in [2.05, 4.69) is 15.2 Å². The number of morpholine rings is 1. The smallest absolute Gasteiger partial charge is 0.263 e. The number of rotatable bonds is 5. The number of carbonyl (C=O) groups excluding carboxylic acids is 1. The molecule has 0 spiro atoms. The van der Waals surface area contributed by atoms with Crippen LogP contribution in [-0.4, -0.2) is 55.2 Å².